The zero-order chi connectivity index (χ0) is 11.6. The molecule has 0 saturated heterocycles. The number of nitrogen functional groups attached to an aromatic ring is 1. The Morgan fingerprint density at radius 1 is 1.47 bits per heavy atom. The summed E-state index contributed by atoms with van der Waals surface area (Å²) in [5, 5.41) is 0. The van der Waals surface area contributed by atoms with Crippen LogP contribution in [0.25, 0.3) is 0 Å². The number of methoxy groups -OCH3 is 1. The summed E-state index contributed by atoms with van der Waals surface area (Å²) in [5.41, 5.74) is 6.26. The van der Waals surface area contributed by atoms with Gasteiger partial charge in [0, 0.05) is 7.11 Å². The summed E-state index contributed by atoms with van der Waals surface area (Å²) in [5.74, 6) is 1.18. The molecule has 0 aliphatic heterocycles. The third-order valence-corrected chi connectivity index (χ3v) is 3.97. The highest BCUT2D eigenvalue weighted by molar-refractivity contribution is 14.1. The predicted molar refractivity (Wildman–Crippen MR) is 68.6 cm³/mol. The maximum Gasteiger partial charge on any atom is 0.162 e. The molecule has 5 heteroatoms. The molecule has 1 atom stereocenters. The van der Waals surface area contributed by atoms with Crippen LogP contribution in [-0.4, -0.2) is 17.1 Å². The Morgan fingerprint density at radius 2 is 2.07 bits per heavy atom. The fourth-order valence-electron chi connectivity index (χ4n) is 1.21. The van der Waals surface area contributed by atoms with Crippen LogP contribution >= 0.6 is 22.6 Å². The first kappa shape index (κ1) is 12.6. The van der Waals surface area contributed by atoms with Crippen molar-refractivity contribution in [3.63, 3.8) is 0 Å². The van der Waals surface area contributed by atoms with Gasteiger partial charge in [-0.1, -0.05) is 6.92 Å². The van der Waals surface area contributed by atoms with Gasteiger partial charge in [0.2, 0.25) is 0 Å². The second-order valence-electron chi connectivity index (χ2n) is 3.62. The van der Waals surface area contributed by atoms with Crippen LogP contribution in [0.5, 0.6) is 0 Å². The first-order chi connectivity index (χ1) is 6.94. The fourth-order valence-corrected chi connectivity index (χ4v) is 1.45. The Labute approximate surface area is 104 Å². The minimum atomic E-state index is -0.455. The molecule has 0 saturated carbocycles. The van der Waals surface area contributed by atoms with Crippen molar-refractivity contribution in [2.24, 2.45) is 0 Å². The van der Waals surface area contributed by atoms with Gasteiger partial charge in [-0.15, -0.1) is 0 Å². The van der Waals surface area contributed by atoms with Crippen LogP contribution in [0.2, 0.25) is 0 Å². The summed E-state index contributed by atoms with van der Waals surface area (Å²) in [4.78, 5) is 8.71. The average Bonchev–Trinajstić information content (AvgIpc) is 2.24. The Bertz CT molecular complexity index is 341. The highest BCUT2D eigenvalue weighted by Crippen LogP contribution is 2.27. The first-order valence-corrected chi connectivity index (χ1v) is 5.87. The van der Waals surface area contributed by atoms with Crippen LogP contribution < -0.4 is 5.73 Å². The summed E-state index contributed by atoms with van der Waals surface area (Å²) < 4.78 is 6.35. The van der Waals surface area contributed by atoms with Gasteiger partial charge in [0.05, 0.1) is 9.26 Å². The van der Waals surface area contributed by atoms with Crippen molar-refractivity contribution >= 4 is 28.4 Å². The van der Waals surface area contributed by atoms with Gasteiger partial charge in [-0.2, -0.15) is 0 Å². The molecule has 1 aromatic rings. The van der Waals surface area contributed by atoms with Gasteiger partial charge in [-0.25, -0.2) is 9.97 Å². The average molecular weight is 321 g/mol. The normalized spacial score (nSPS) is 15.0. The van der Waals surface area contributed by atoms with E-state index in [0.717, 1.165) is 15.7 Å². The molecule has 1 heterocycles. The van der Waals surface area contributed by atoms with Gasteiger partial charge in [0.25, 0.3) is 0 Å². The number of aromatic nitrogens is 2. The summed E-state index contributed by atoms with van der Waals surface area (Å²) in [6.45, 7) is 5.93. The first-order valence-electron chi connectivity index (χ1n) is 4.80. The van der Waals surface area contributed by atoms with E-state index in [0.29, 0.717) is 11.6 Å². The molecule has 1 unspecified atom stereocenters. The van der Waals surface area contributed by atoms with E-state index in [1.54, 1.807) is 7.11 Å². The molecule has 0 fully saturated rings. The number of nitrogens with two attached hydrogens (primary N) is 1. The van der Waals surface area contributed by atoms with E-state index >= 15 is 0 Å². The van der Waals surface area contributed by atoms with Gasteiger partial charge < -0.3 is 10.5 Å². The van der Waals surface area contributed by atoms with E-state index in [-0.39, 0.29) is 0 Å². The third kappa shape index (κ3) is 2.39. The Morgan fingerprint density at radius 3 is 2.47 bits per heavy atom. The molecule has 0 amide bonds. The summed E-state index contributed by atoms with van der Waals surface area (Å²) in [6.07, 6.45) is 0.809. The van der Waals surface area contributed by atoms with E-state index in [1.165, 1.54) is 0 Å². The lowest BCUT2D eigenvalue weighted by Crippen LogP contribution is -2.27. The third-order valence-electron chi connectivity index (χ3n) is 2.64. The fraction of sp³-hybridized carbons (Fsp3) is 0.600. The van der Waals surface area contributed by atoms with Crippen molar-refractivity contribution in [1.82, 2.24) is 9.97 Å². The molecule has 0 bridgehead atoms. The van der Waals surface area contributed by atoms with E-state index in [4.69, 9.17) is 10.5 Å². The SMILES string of the molecule is CCC(C)(OC)c1nc(C)c(I)c(N)n1. The number of halogens is 1. The van der Waals surface area contributed by atoms with E-state index in [2.05, 4.69) is 32.6 Å². The van der Waals surface area contributed by atoms with E-state index < -0.39 is 5.60 Å². The van der Waals surface area contributed by atoms with Crippen molar-refractivity contribution in [3.05, 3.63) is 15.1 Å². The molecule has 15 heavy (non-hydrogen) atoms. The predicted octanol–water partition coefficient (Wildman–Crippen LogP) is 2.24. The Balaban J connectivity index is 3.27. The number of ether oxygens (including phenoxy) is 1. The molecule has 84 valence electrons. The topological polar surface area (TPSA) is 61.0 Å². The van der Waals surface area contributed by atoms with Gasteiger partial charge in [0.1, 0.15) is 11.4 Å². The molecule has 0 spiro atoms. The number of hydrogen-bond acceptors (Lipinski definition) is 4. The molecule has 1 aromatic heterocycles. The van der Waals surface area contributed by atoms with Crippen LogP contribution in [-0.2, 0) is 10.3 Å². The molecule has 0 aliphatic rings. The summed E-state index contributed by atoms with van der Waals surface area (Å²) >= 11 is 2.15. The van der Waals surface area contributed by atoms with Crippen molar-refractivity contribution < 1.29 is 4.74 Å². The molecule has 4 nitrogen and oxygen atoms in total. The van der Waals surface area contributed by atoms with Crippen LogP contribution in [0, 0.1) is 10.5 Å². The second kappa shape index (κ2) is 4.61. The molecule has 0 radical (unpaired) electrons. The Kier molecular flexibility index (Phi) is 3.88. The number of nitrogens with zero attached hydrogens (tertiary/aromatic N) is 2. The quantitative estimate of drug-likeness (QED) is 0.868. The largest absolute Gasteiger partial charge is 0.383 e. The molecule has 0 aromatic carbocycles. The lowest BCUT2D eigenvalue weighted by atomic mass is 10.0. The highest BCUT2D eigenvalue weighted by Gasteiger charge is 2.28. The lowest BCUT2D eigenvalue weighted by molar-refractivity contribution is -0.00901. The number of anilines is 1. The van der Waals surface area contributed by atoms with Gasteiger partial charge in [0.15, 0.2) is 5.82 Å². The molecule has 1 rings (SSSR count). The van der Waals surface area contributed by atoms with Crippen molar-refractivity contribution in [3.8, 4) is 0 Å². The maximum absolute atomic E-state index is 5.81. The summed E-state index contributed by atoms with van der Waals surface area (Å²) in [6, 6.07) is 0. The smallest absolute Gasteiger partial charge is 0.162 e. The second-order valence-corrected chi connectivity index (χ2v) is 4.70. The van der Waals surface area contributed by atoms with Crippen LogP contribution in [0.1, 0.15) is 31.8 Å². The standard InChI is InChI=1S/C10H16IN3O/c1-5-10(3,15-4)9-13-6(2)7(11)8(12)14-9/h5H2,1-4H3,(H2,12,13,14). The zero-order valence-electron chi connectivity index (χ0n) is 9.47. The molecular formula is C10H16IN3O. The monoisotopic (exact) mass is 321 g/mol. The lowest BCUT2D eigenvalue weighted by Gasteiger charge is -2.25. The summed E-state index contributed by atoms with van der Waals surface area (Å²) in [7, 11) is 1.66. The van der Waals surface area contributed by atoms with Gasteiger partial charge in [-0.05, 0) is 42.9 Å². The van der Waals surface area contributed by atoms with E-state index in [1.807, 2.05) is 20.8 Å². The zero-order valence-corrected chi connectivity index (χ0v) is 11.6. The minimum Gasteiger partial charge on any atom is -0.383 e. The maximum atomic E-state index is 5.81. The number of rotatable bonds is 3. The number of aryl methyl sites for hydroxylation is 1. The molecule has 2 N–H and O–H groups in total. The van der Waals surface area contributed by atoms with Crippen molar-refractivity contribution in [2.45, 2.75) is 32.8 Å². The molecule has 0 aliphatic carbocycles. The van der Waals surface area contributed by atoms with Crippen LogP contribution in [0.3, 0.4) is 0 Å². The van der Waals surface area contributed by atoms with E-state index in [9.17, 15) is 0 Å². The van der Waals surface area contributed by atoms with Crippen LogP contribution in [0.15, 0.2) is 0 Å². The van der Waals surface area contributed by atoms with Crippen molar-refractivity contribution in [1.29, 1.82) is 0 Å². The highest BCUT2D eigenvalue weighted by atomic mass is 127. The molecular weight excluding hydrogens is 305 g/mol. The number of hydrogen-bond donors (Lipinski definition) is 1. The Hall–Kier alpha value is -0.430. The van der Waals surface area contributed by atoms with Gasteiger partial charge >= 0.3 is 0 Å². The van der Waals surface area contributed by atoms with Gasteiger partial charge in [-0.3, -0.25) is 0 Å². The van der Waals surface area contributed by atoms with Crippen molar-refractivity contribution in [2.75, 3.05) is 12.8 Å². The van der Waals surface area contributed by atoms with Crippen LogP contribution in [0.4, 0.5) is 5.82 Å². The minimum absolute atomic E-state index is 0.455.